The van der Waals surface area contributed by atoms with Crippen LogP contribution in [-0.2, 0) is 32.0 Å². The van der Waals surface area contributed by atoms with Crippen molar-refractivity contribution in [3.8, 4) is 5.75 Å². The van der Waals surface area contributed by atoms with Crippen molar-refractivity contribution < 1.29 is 29.4 Å². The average molecular weight is 588 g/mol. The molecule has 0 saturated heterocycles. The molecular formula is C27H37N7O6S. The van der Waals surface area contributed by atoms with Gasteiger partial charge >= 0.3 is 5.97 Å². The van der Waals surface area contributed by atoms with Crippen molar-refractivity contribution in [2.45, 2.75) is 49.9 Å². The van der Waals surface area contributed by atoms with E-state index in [2.05, 4.69) is 33.6 Å². The molecule has 0 aromatic heterocycles. The number of carbonyl (C=O) groups excluding carboxylic acids is 3. The molecule has 11 N–H and O–H groups in total. The zero-order chi connectivity index (χ0) is 30.4. The number of guanidine groups is 1. The van der Waals surface area contributed by atoms with Crippen LogP contribution < -0.4 is 33.2 Å². The van der Waals surface area contributed by atoms with Crippen LogP contribution in [0.1, 0.15) is 24.0 Å². The van der Waals surface area contributed by atoms with Crippen molar-refractivity contribution in [1.82, 2.24) is 16.0 Å². The molecule has 0 aliphatic rings. The Kier molecular flexibility index (Phi) is 13.4. The van der Waals surface area contributed by atoms with E-state index in [1.807, 2.05) is 6.07 Å². The number of carboxylic acid groups (broad SMARTS) is 1. The maximum Gasteiger partial charge on any atom is 0.327 e. The zero-order valence-electron chi connectivity index (χ0n) is 22.4. The molecule has 41 heavy (non-hydrogen) atoms. The number of carbonyl (C=O) groups is 4. The van der Waals surface area contributed by atoms with E-state index in [0.29, 0.717) is 12.0 Å². The third kappa shape index (κ3) is 11.8. The molecule has 2 aromatic carbocycles. The molecule has 0 saturated carbocycles. The van der Waals surface area contributed by atoms with E-state index in [1.54, 1.807) is 36.4 Å². The number of benzene rings is 2. The van der Waals surface area contributed by atoms with Crippen molar-refractivity contribution in [3.05, 3.63) is 65.7 Å². The number of aromatic hydroxyl groups is 1. The molecule has 14 heteroatoms. The van der Waals surface area contributed by atoms with Crippen molar-refractivity contribution in [2.24, 2.45) is 22.2 Å². The summed E-state index contributed by atoms with van der Waals surface area (Å²) >= 11 is 3.96. The van der Waals surface area contributed by atoms with E-state index in [1.165, 1.54) is 12.1 Å². The van der Waals surface area contributed by atoms with Crippen molar-refractivity contribution in [1.29, 1.82) is 0 Å². The number of carboxylic acids is 1. The van der Waals surface area contributed by atoms with Crippen LogP contribution in [0.25, 0.3) is 0 Å². The third-order valence-corrected chi connectivity index (χ3v) is 6.38. The Balaban J connectivity index is 2.22. The van der Waals surface area contributed by atoms with Gasteiger partial charge in [0.15, 0.2) is 5.96 Å². The van der Waals surface area contributed by atoms with Gasteiger partial charge in [0.2, 0.25) is 17.7 Å². The summed E-state index contributed by atoms with van der Waals surface area (Å²) in [5.41, 5.74) is 18.3. The van der Waals surface area contributed by atoms with Gasteiger partial charge in [-0.1, -0.05) is 42.5 Å². The molecule has 4 atom stereocenters. The number of hydrogen-bond donors (Lipinski definition) is 9. The molecule has 2 aromatic rings. The van der Waals surface area contributed by atoms with Crippen molar-refractivity contribution in [2.75, 3.05) is 12.3 Å². The van der Waals surface area contributed by atoms with E-state index in [0.717, 1.165) is 5.56 Å². The van der Waals surface area contributed by atoms with Gasteiger partial charge in [-0.15, -0.1) is 0 Å². The highest BCUT2D eigenvalue weighted by Crippen LogP contribution is 2.12. The minimum Gasteiger partial charge on any atom is -0.508 e. The zero-order valence-corrected chi connectivity index (χ0v) is 23.3. The molecule has 0 aliphatic carbocycles. The highest BCUT2D eigenvalue weighted by molar-refractivity contribution is 7.80. The number of nitrogens with two attached hydrogens (primary N) is 3. The van der Waals surface area contributed by atoms with Gasteiger partial charge in [0.1, 0.15) is 23.9 Å². The summed E-state index contributed by atoms with van der Waals surface area (Å²) in [6.07, 6.45) is 0.630. The topological polar surface area (TPSA) is 235 Å². The molecule has 4 unspecified atom stereocenters. The number of hydrogen-bond acceptors (Lipinski definition) is 8. The number of rotatable bonds is 16. The lowest BCUT2D eigenvalue weighted by Crippen LogP contribution is -2.58. The van der Waals surface area contributed by atoms with Gasteiger partial charge in [-0.2, -0.15) is 12.6 Å². The van der Waals surface area contributed by atoms with E-state index < -0.39 is 47.9 Å². The number of nitrogens with zero attached hydrogens (tertiary/aromatic N) is 1. The minimum atomic E-state index is -1.28. The number of aliphatic carboxylic acids is 1. The van der Waals surface area contributed by atoms with Crippen LogP contribution in [0, 0.1) is 0 Å². The lowest BCUT2D eigenvalue weighted by atomic mass is 10.0. The number of thiol groups is 1. The fourth-order valence-electron chi connectivity index (χ4n) is 3.82. The maximum absolute atomic E-state index is 13.5. The Hall–Kier alpha value is -4.30. The number of nitrogens with one attached hydrogen (secondary N) is 3. The fourth-order valence-corrected chi connectivity index (χ4v) is 4.07. The number of amides is 3. The van der Waals surface area contributed by atoms with E-state index >= 15 is 0 Å². The SMILES string of the molecule is NC(N)=NCCCC(NC(=O)C(Cc1ccccc1)NC(=O)C(N)Cc1ccc(O)cc1)C(=O)NC(CS)C(=O)O. The van der Waals surface area contributed by atoms with Gasteiger partial charge in [-0.05, 0) is 42.5 Å². The molecule has 0 heterocycles. The predicted molar refractivity (Wildman–Crippen MR) is 157 cm³/mol. The molecule has 13 nitrogen and oxygen atoms in total. The van der Waals surface area contributed by atoms with Gasteiger partial charge < -0.3 is 43.4 Å². The van der Waals surface area contributed by atoms with Crippen molar-refractivity contribution >= 4 is 42.3 Å². The lowest BCUT2D eigenvalue weighted by molar-refractivity contribution is -0.141. The molecule has 3 amide bonds. The Morgan fingerprint density at radius 1 is 0.805 bits per heavy atom. The summed E-state index contributed by atoms with van der Waals surface area (Å²) in [7, 11) is 0. The molecule has 0 aliphatic heterocycles. The Morgan fingerprint density at radius 2 is 1.37 bits per heavy atom. The first-order chi connectivity index (χ1) is 19.5. The highest BCUT2D eigenvalue weighted by atomic mass is 32.1. The Bertz CT molecular complexity index is 1190. The number of phenols is 1. The smallest absolute Gasteiger partial charge is 0.327 e. The van der Waals surface area contributed by atoms with E-state index in [9.17, 15) is 29.4 Å². The van der Waals surface area contributed by atoms with Gasteiger partial charge in [0.25, 0.3) is 0 Å². The minimum absolute atomic E-state index is 0.0762. The summed E-state index contributed by atoms with van der Waals surface area (Å²) < 4.78 is 0. The van der Waals surface area contributed by atoms with Crippen LogP contribution in [0.3, 0.4) is 0 Å². The summed E-state index contributed by atoms with van der Waals surface area (Å²) in [5.74, 6) is -3.50. The monoisotopic (exact) mass is 587 g/mol. The predicted octanol–water partition coefficient (Wildman–Crippen LogP) is -0.973. The lowest BCUT2D eigenvalue weighted by Gasteiger charge is -2.25. The number of phenolic OH excluding ortho intramolecular Hbond substituents is 1. The van der Waals surface area contributed by atoms with Crippen molar-refractivity contribution in [3.63, 3.8) is 0 Å². The highest BCUT2D eigenvalue weighted by Gasteiger charge is 2.30. The summed E-state index contributed by atoms with van der Waals surface area (Å²) in [6.45, 7) is 0.174. The molecule has 2 rings (SSSR count). The maximum atomic E-state index is 13.5. The van der Waals surface area contributed by atoms with Crippen LogP contribution >= 0.6 is 12.6 Å². The normalized spacial score (nSPS) is 13.6. The molecule has 222 valence electrons. The summed E-state index contributed by atoms with van der Waals surface area (Å²) in [5, 5.41) is 26.5. The van der Waals surface area contributed by atoms with Gasteiger partial charge in [0, 0.05) is 18.7 Å². The van der Waals surface area contributed by atoms with Crippen LogP contribution in [0.2, 0.25) is 0 Å². The first kappa shape index (κ1) is 32.9. The average Bonchev–Trinajstić information content (AvgIpc) is 2.94. The second-order valence-corrected chi connectivity index (χ2v) is 9.69. The van der Waals surface area contributed by atoms with Crippen LogP contribution in [0.5, 0.6) is 5.75 Å². The largest absolute Gasteiger partial charge is 0.508 e. The van der Waals surface area contributed by atoms with Gasteiger partial charge in [-0.25, -0.2) is 4.79 Å². The van der Waals surface area contributed by atoms with Gasteiger partial charge in [0.05, 0.1) is 6.04 Å². The molecule has 0 fully saturated rings. The Labute approximate surface area is 243 Å². The first-order valence-corrected chi connectivity index (χ1v) is 13.5. The molecule has 0 radical (unpaired) electrons. The summed E-state index contributed by atoms with van der Waals surface area (Å²) in [6, 6.07) is 10.6. The second kappa shape index (κ2) is 16.7. The molecule has 0 spiro atoms. The quantitative estimate of drug-likeness (QED) is 0.0507. The summed E-state index contributed by atoms with van der Waals surface area (Å²) in [4.78, 5) is 54.8. The molecule has 0 bridgehead atoms. The number of aliphatic imine (C=N–C) groups is 1. The van der Waals surface area contributed by atoms with Crippen LogP contribution in [0.4, 0.5) is 0 Å². The van der Waals surface area contributed by atoms with E-state index in [4.69, 9.17) is 17.2 Å². The molecular weight excluding hydrogens is 550 g/mol. The first-order valence-electron chi connectivity index (χ1n) is 12.9. The second-order valence-electron chi connectivity index (χ2n) is 9.32. The van der Waals surface area contributed by atoms with Gasteiger partial charge in [-0.3, -0.25) is 19.4 Å². The van der Waals surface area contributed by atoms with Crippen LogP contribution in [-0.4, -0.2) is 76.3 Å². The fraction of sp³-hybridized carbons (Fsp3) is 0.370. The Morgan fingerprint density at radius 3 is 1.95 bits per heavy atom. The third-order valence-electron chi connectivity index (χ3n) is 6.02. The van der Waals surface area contributed by atoms with E-state index in [-0.39, 0.29) is 43.3 Å². The van der Waals surface area contributed by atoms with Crippen LogP contribution in [0.15, 0.2) is 59.6 Å². The standard InChI is InChI=1S/C27H37N7O6S/c28-19(13-17-8-10-18(35)11-9-17)23(36)33-21(14-16-5-2-1-3-6-16)25(38)32-20(7-4-12-31-27(29)30)24(37)34-22(15-41)26(39)40/h1-3,5-6,8-11,19-22,35,41H,4,7,12-15,28H2,(H,32,38)(H,33,36)(H,34,37)(H,39,40)(H4,29,30,31).